The predicted molar refractivity (Wildman–Crippen MR) is 249 cm³/mol. The van der Waals surface area contributed by atoms with Gasteiger partial charge in [-0.15, -0.1) is 0 Å². The minimum absolute atomic E-state index is 0.0501. The van der Waals surface area contributed by atoms with E-state index < -0.39 is 0 Å². The molecule has 1 unspecified atom stereocenters. The molecule has 12 aromatic rings. The molecule has 2 aromatic heterocycles. The SMILES string of the molecule is c1ccc(C2Nc3ccc4ccc5ccc(-n6c7ccccc7c7cc8c9c%10ccccc%10ccc9n(-c9ccccc9)c8cc76)cc5c4c3N2c2ccccc2)cc1. The number of para-hydroxylation sites is 3. The van der Waals surface area contributed by atoms with Crippen molar-refractivity contribution in [2.75, 3.05) is 10.2 Å². The van der Waals surface area contributed by atoms with Crippen molar-refractivity contribution in [1.82, 2.24) is 9.13 Å². The Labute approximate surface area is 340 Å². The first-order chi connectivity index (χ1) is 29.3. The van der Waals surface area contributed by atoms with E-state index in [0.717, 1.165) is 22.7 Å². The molecule has 1 atom stereocenters. The minimum Gasteiger partial charge on any atom is -0.359 e. The minimum atomic E-state index is -0.0501. The highest BCUT2D eigenvalue weighted by Crippen LogP contribution is 2.51. The highest BCUT2D eigenvalue weighted by Gasteiger charge is 2.33. The van der Waals surface area contributed by atoms with Crippen molar-refractivity contribution >= 4 is 93.0 Å². The van der Waals surface area contributed by atoms with Gasteiger partial charge in [0.15, 0.2) is 0 Å². The van der Waals surface area contributed by atoms with Crippen LogP contribution in [-0.2, 0) is 0 Å². The van der Waals surface area contributed by atoms with Crippen LogP contribution in [0.4, 0.5) is 17.1 Å². The van der Waals surface area contributed by atoms with E-state index in [1.807, 2.05) is 0 Å². The first-order valence-electron chi connectivity index (χ1n) is 20.4. The zero-order chi connectivity index (χ0) is 38.6. The van der Waals surface area contributed by atoms with Crippen molar-refractivity contribution in [3.63, 3.8) is 0 Å². The summed E-state index contributed by atoms with van der Waals surface area (Å²) in [6.45, 7) is 0. The fraction of sp³-hybridized carbons (Fsp3) is 0.0182. The lowest BCUT2D eigenvalue weighted by atomic mass is 9.98. The number of fused-ring (bicyclic) bond motifs is 13. The Hall–Kier alpha value is -7.82. The summed E-state index contributed by atoms with van der Waals surface area (Å²) in [5.74, 6) is 0. The molecule has 0 bridgehead atoms. The Bertz CT molecular complexity index is 3640. The first kappa shape index (κ1) is 32.3. The maximum absolute atomic E-state index is 3.92. The Kier molecular flexibility index (Phi) is 6.75. The lowest BCUT2D eigenvalue weighted by molar-refractivity contribution is 0.830. The molecule has 1 aliphatic rings. The van der Waals surface area contributed by atoms with Gasteiger partial charge in [0.1, 0.15) is 6.17 Å². The molecule has 0 spiro atoms. The van der Waals surface area contributed by atoms with Crippen LogP contribution in [-0.4, -0.2) is 9.13 Å². The number of anilines is 3. The number of nitrogens with one attached hydrogen (secondary N) is 1. The van der Waals surface area contributed by atoms with E-state index in [1.54, 1.807) is 0 Å². The van der Waals surface area contributed by atoms with Gasteiger partial charge in [-0.25, -0.2) is 0 Å². The van der Waals surface area contributed by atoms with E-state index in [4.69, 9.17) is 0 Å². The molecule has 3 heterocycles. The van der Waals surface area contributed by atoms with Crippen LogP contribution in [0.15, 0.2) is 206 Å². The molecular weight excluding hydrogens is 717 g/mol. The Morgan fingerprint density at radius 3 is 1.78 bits per heavy atom. The summed E-state index contributed by atoms with van der Waals surface area (Å²) in [6.07, 6.45) is -0.0501. The third kappa shape index (κ3) is 4.66. The quantitative estimate of drug-likeness (QED) is 0.181. The molecule has 0 aliphatic carbocycles. The molecule has 0 fully saturated rings. The summed E-state index contributed by atoms with van der Waals surface area (Å²) in [7, 11) is 0. The van der Waals surface area contributed by atoms with Crippen LogP contribution in [0.2, 0.25) is 0 Å². The van der Waals surface area contributed by atoms with Gasteiger partial charge in [-0.1, -0.05) is 140 Å². The van der Waals surface area contributed by atoms with Gasteiger partial charge >= 0.3 is 0 Å². The third-order valence-electron chi connectivity index (χ3n) is 12.6. The molecule has 1 aliphatic heterocycles. The molecule has 1 N–H and O–H groups in total. The van der Waals surface area contributed by atoms with Gasteiger partial charge in [-0.3, -0.25) is 0 Å². The fourth-order valence-corrected chi connectivity index (χ4v) is 10.1. The van der Waals surface area contributed by atoms with Crippen molar-refractivity contribution in [2.45, 2.75) is 6.17 Å². The number of benzene rings is 10. The van der Waals surface area contributed by atoms with Crippen LogP contribution in [0, 0.1) is 0 Å². The van der Waals surface area contributed by atoms with Crippen LogP contribution in [0.25, 0.3) is 87.3 Å². The molecule has 4 nitrogen and oxygen atoms in total. The van der Waals surface area contributed by atoms with Crippen LogP contribution >= 0.6 is 0 Å². The summed E-state index contributed by atoms with van der Waals surface area (Å²) >= 11 is 0. The zero-order valence-electron chi connectivity index (χ0n) is 32.0. The van der Waals surface area contributed by atoms with Gasteiger partial charge in [0, 0.05) is 44.0 Å². The van der Waals surface area contributed by atoms with Crippen molar-refractivity contribution in [3.05, 3.63) is 212 Å². The van der Waals surface area contributed by atoms with Crippen LogP contribution < -0.4 is 10.2 Å². The standard InChI is InChI=1S/C55H36N4/c1-4-15-38(16-5-1)55-56-47-30-27-37-25-24-36-26-29-41(32-44(36)52(37)54(47)59(55)40-19-8-3-9-20-40)58-48-23-13-12-22-43(48)45-33-46-51(34-50(45)58)57(39-17-6-2-7-18-39)49-31-28-35-14-10-11-21-42(35)53(46)49/h1-34,55-56H. The average molecular weight is 753 g/mol. The van der Waals surface area contributed by atoms with E-state index in [1.165, 1.54) is 87.2 Å². The molecule has 13 rings (SSSR count). The maximum atomic E-state index is 3.92. The average Bonchev–Trinajstić information content (AvgIpc) is 3.96. The number of nitrogens with zero attached hydrogens (tertiary/aromatic N) is 3. The smallest absolute Gasteiger partial charge is 0.130 e. The third-order valence-corrected chi connectivity index (χ3v) is 12.6. The van der Waals surface area contributed by atoms with E-state index in [-0.39, 0.29) is 6.17 Å². The summed E-state index contributed by atoms with van der Waals surface area (Å²) in [5, 5.41) is 16.4. The first-order valence-corrected chi connectivity index (χ1v) is 20.4. The van der Waals surface area contributed by atoms with Crippen molar-refractivity contribution in [3.8, 4) is 11.4 Å². The molecule has 10 aromatic carbocycles. The topological polar surface area (TPSA) is 25.1 Å². The molecule has 59 heavy (non-hydrogen) atoms. The van der Waals surface area contributed by atoms with E-state index in [9.17, 15) is 0 Å². The highest BCUT2D eigenvalue weighted by molar-refractivity contribution is 6.25. The Morgan fingerprint density at radius 1 is 0.339 bits per heavy atom. The zero-order valence-corrected chi connectivity index (χ0v) is 32.0. The number of rotatable bonds is 4. The van der Waals surface area contributed by atoms with E-state index in [0.29, 0.717) is 0 Å². The molecule has 0 saturated heterocycles. The summed E-state index contributed by atoms with van der Waals surface area (Å²) < 4.78 is 4.93. The van der Waals surface area contributed by atoms with Gasteiger partial charge in [0.25, 0.3) is 0 Å². The van der Waals surface area contributed by atoms with Gasteiger partial charge in [0.05, 0.1) is 33.4 Å². The molecule has 0 radical (unpaired) electrons. The molecular formula is C55H36N4. The highest BCUT2D eigenvalue weighted by atomic mass is 15.3. The second kappa shape index (κ2) is 12.3. The maximum Gasteiger partial charge on any atom is 0.130 e. The number of hydrogen-bond acceptors (Lipinski definition) is 2. The number of hydrogen-bond donors (Lipinski definition) is 1. The molecule has 0 amide bonds. The molecule has 276 valence electrons. The largest absolute Gasteiger partial charge is 0.359 e. The summed E-state index contributed by atoms with van der Waals surface area (Å²) in [5.41, 5.74) is 11.8. The molecule has 0 saturated carbocycles. The van der Waals surface area contributed by atoms with Crippen molar-refractivity contribution < 1.29 is 0 Å². The Balaban J connectivity index is 1.11. The van der Waals surface area contributed by atoms with Crippen molar-refractivity contribution in [2.24, 2.45) is 0 Å². The lowest BCUT2D eigenvalue weighted by Crippen LogP contribution is -2.23. The fourth-order valence-electron chi connectivity index (χ4n) is 10.1. The second-order valence-electron chi connectivity index (χ2n) is 15.8. The number of aromatic nitrogens is 2. The molecule has 4 heteroatoms. The van der Waals surface area contributed by atoms with Gasteiger partial charge < -0.3 is 19.4 Å². The van der Waals surface area contributed by atoms with E-state index >= 15 is 0 Å². The summed E-state index contributed by atoms with van der Waals surface area (Å²) in [4.78, 5) is 2.49. The van der Waals surface area contributed by atoms with Crippen LogP contribution in [0.1, 0.15) is 11.7 Å². The van der Waals surface area contributed by atoms with Crippen molar-refractivity contribution in [1.29, 1.82) is 0 Å². The van der Waals surface area contributed by atoms with Gasteiger partial charge in [0.2, 0.25) is 0 Å². The summed E-state index contributed by atoms with van der Waals surface area (Å²) in [6, 6.07) is 75.6. The predicted octanol–water partition coefficient (Wildman–Crippen LogP) is 14.6. The monoisotopic (exact) mass is 752 g/mol. The van der Waals surface area contributed by atoms with E-state index in [2.05, 4.69) is 226 Å². The van der Waals surface area contributed by atoms with Crippen LogP contribution in [0.5, 0.6) is 0 Å². The van der Waals surface area contributed by atoms with Crippen LogP contribution in [0.3, 0.4) is 0 Å². The van der Waals surface area contributed by atoms with Gasteiger partial charge in [-0.05, 0) is 99.2 Å². The normalized spacial score (nSPS) is 14.0. The lowest BCUT2D eigenvalue weighted by Gasteiger charge is -2.28. The second-order valence-corrected chi connectivity index (χ2v) is 15.8. The Morgan fingerprint density at radius 2 is 0.949 bits per heavy atom. The van der Waals surface area contributed by atoms with Gasteiger partial charge in [-0.2, -0.15) is 0 Å².